The molecular formula is C13H10ClF2N3O3S. The van der Waals surface area contributed by atoms with Crippen molar-refractivity contribution in [2.45, 2.75) is 18.6 Å². The highest BCUT2D eigenvalue weighted by molar-refractivity contribution is 8.15. The number of halogens is 3. The van der Waals surface area contributed by atoms with Crippen LogP contribution in [0.3, 0.4) is 0 Å². The number of carbonyl (C=O) groups excluding carboxylic acids is 1. The van der Waals surface area contributed by atoms with Gasteiger partial charge in [-0.1, -0.05) is 23.4 Å². The molecule has 1 fully saturated rings. The van der Waals surface area contributed by atoms with E-state index >= 15 is 0 Å². The van der Waals surface area contributed by atoms with Crippen LogP contribution in [-0.4, -0.2) is 33.6 Å². The van der Waals surface area contributed by atoms with Crippen LogP contribution in [0.2, 0.25) is 5.02 Å². The topological polar surface area (TPSA) is 91.1 Å². The van der Waals surface area contributed by atoms with Crippen LogP contribution in [0.4, 0.5) is 8.78 Å². The number of hydrogen-bond donors (Lipinski definition) is 2. The molecule has 0 bridgehead atoms. The lowest BCUT2D eigenvalue weighted by atomic mass is 10.1. The normalized spacial score (nSPS) is 19.6. The van der Waals surface area contributed by atoms with E-state index in [1.165, 1.54) is 6.92 Å². The molecule has 23 heavy (non-hydrogen) atoms. The number of amidine groups is 1. The van der Waals surface area contributed by atoms with Gasteiger partial charge in [-0.05, 0) is 13.0 Å². The first-order chi connectivity index (χ1) is 10.8. The first-order valence-electron chi connectivity index (χ1n) is 6.24. The van der Waals surface area contributed by atoms with Crippen LogP contribution < -0.4 is 5.32 Å². The number of nitrogens with one attached hydrogen (secondary N) is 1. The molecule has 1 saturated heterocycles. The number of rotatable bonds is 4. The minimum Gasteiger partial charge on any atom is -0.481 e. The summed E-state index contributed by atoms with van der Waals surface area (Å²) in [6.07, 6.45) is 0.644. The minimum absolute atomic E-state index is 0.0906. The lowest BCUT2D eigenvalue weighted by molar-refractivity contribution is -0.138. The van der Waals surface area contributed by atoms with Crippen molar-refractivity contribution in [3.63, 3.8) is 0 Å². The van der Waals surface area contributed by atoms with Gasteiger partial charge in [-0.15, -0.1) is 5.10 Å². The van der Waals surface area contributed by atoms with Gasteiger partial charge in [0.15, 0.2) is 5.17 Å². The van der Waals surface area contributed by atoms with Crippen LogP contribution in [0, 0.1) is 18.6 Å². The van der Waals surface area contributed by atoms with Gasteiger partial charge < -0.3 is 10.4 Å². The first kappa shape index (κ1) is 17.4. The fourth-order valence-electron chi connectivity index (χ4n) is 1.71. The zero-order valence-corrected chi connectivity index (χ0v) is 13.2. The molecule has 0 aromatic heterocycles. The SMILES string of the molecule is Cc1c(F)cc(Cl)c(C=NN=C2NC(=O)C(CC(=O)O)S2)c1F. The molecule has 1 unspecified atom stereocenters. The van der Waals surface area contributed by atoms with E-state index in [1.807, 2.05) is 0 Å². The Morgan fingerprint density at radius 3 is 2.91 bits per heavy atom. The minimum atomic E-state index is -1.11. The molecule has 122 valence electrons. The van der Waals surface area contributed by atoms with Gasteiger partial charge in [0.05, 0.1) is 17.7 Å². The molecule has 1 aromatic rings. The third-order valence-electron chi connectivity index (χ3n) is 2.91. The summed E-state index contributed by atoms with van der Waals surface area (Å²) < 4.78 is 27.2. The van der Waals surface area contributed by atoms with Crippen LogP contribution in [0.1, 0.15) is 17.5 Å². The van der Waals surface area contributed by atoms with E-state index in [2.05, 4.69) is 15.5 Å². The van der Waals surface area contributed by atoms with Crippen molar-refractivity contribution < 1.29 is 23.5 Å². The Balaban J connectivity index is 2.15. The number of nitrogens with zero attached hydrogens (tertiary/aromatic N) is 2. The molecular weight excluding hydrogens is 352 g/mol. The van der Waals surface area contributed by atoms with Crippen LogP contribution >= 0.6 is 23.4 Å². The second kappa shape index (κ2) is 7.05. The van der Waals surface area contributed by atoms with Crippen LogP contribution in [0.25, 0.3) is 0 Å². The van der Waals surface area contributed by atoms with Crippen molar-refractivity contribution >= 4 is 46.6 Å². The van der Waals surface area contributed by atoms with E-state index in [-0.39, 0.29) is 27.7 Å². The largest absolute Gasteiger partial charge is 0.481 e. The molecule has 0 aliphatic carbocycles. The number of hydrogen-bond acceptors (Lipinski definition) is 5. The van der Waals surface area contributed by atoms with Crippen LogP contribution in [-0.2, 0) is 9.59 Å². The molecule has 2 N–H and O–H groups in total. The lowest BCUT2D eigenvalue weighted by Crippen LogP contribution is -2.26. The van der Waals surface area contributed by atoms with Crippen LogP contribution in [0.5, 0.6) is 0 Å². The third kappa shape index (κ3) is 4.05. The molecule has 1 heterocycles. The second-order valence-corrected chi connectivity index (χ2v) is 6.13. The average Bonchev–Trinajstić information content (AvgIpc) is 2.80. The highest BCUT2D eigenvalue weighted by atomic mass is 35.5. The van der Waals surface area contributed by atoms with Gasteiger partial charge in [0.1, 0.15) is 16.9 Å². The standard InChI is InChI=1S/C13H10ClF2N3O3S/c1-5-8(15)2-7(14)6(11(5)16)4-17-19-13-18-12(22)9(23-13)3-10(20)21/h2,4,9H,3H2,1H3,(H,20,21)(H,18,19,22). The molecule has 6 nitrogen and oxygen atoms in total. The van der Waals surface area contributed by atoms with Crippen molar-refractivity contribution in [2.24, 2.45) is 10.2 Å². The third-order valence-corrected chi connectivity index (χ3v) is 4.29. The molecule has 1 atom stereocenters. The van der Waals surface area contributed by atoms with E-state index in [0.29, 0.717) is 0 Å². The van der Waals surface area contributed by atoms with Gasteiger partial charge in [-0.25, -0.2) is 8.78 Å². The number of benzene rings is 1. The first-order valence-corrected chi connectivity index (χ1v) is 7.49. The van der Waals surface area contributed by atoms with Gasteiger partial charge >= 0.3 is 5.97 Å². The Bertz CT molecular complexity index is 740. The summed E-state index contributed by atoms with van der Waals surface area (Å²) in [4.78, 5) is 22.1. The average molecular weight is 362 g/mol. The molecule has 1 aliphatic rings. The maximum Gasteiger partial charge on any atom is 0.305 e. The van der Waals surface area contributed by atoms with Crippen molar-refractivity contribution in [2.75, 3.05) is 0 Å². The summed E-state index contributed by atoms with van der Waals surface area (Å²) in [5.41, 5.74) is -0.333. The number of carboxylic acid groups (broad SMARTS) is 1. The van der Waals surface area contributed by atoms with Gasteiger partial charge in [-0.2, -0.15) is 5.10 Å². The molecule has 0 radical (unpaired) electrons. The van der Waals surface area contributed by atoms with Gasteiger partial charge in [0.25, 0.3) is 0 Å². The molecule has 0 spiro atoms. The monoisotopic (exact) mass is 361 g/mol. The number of amides is 1. The Morgan fingerprint density at radius 1 is 1.57 bits per heavy atom. The van der Waals surface area contributed by atoms with Gasteiger partial charge in [0.2, 0.25) is 5.91 Å². The number of aliphatic carboxylic acids is 1. The number of thioether (sulfide) groups is 1. The molecule has 1 aromatic carbocycles. The molecule has 2 rings (SSSR count). The number of carbonyl (C=O) groups is 2. The lowest BCUT2D eigenvalue weighted by Gasteiger charge is -2.04. The summed E-state index contributed by atoms with van der Waals surface area (Å²) in [5, 5.41) is 17.4. The van der Waals surface area contributed by atoms with E-state index < -0.39 is 28.8 Å². The summed E-state index contributed by atoms with van der Waals surface area (Å²) in [6.45, 7) is 1.26. The Morgan fingerprint density at radius 2 is 2.26 bits per heavy atom. The zero-order chi connectivity index (χ0) is 17.1. The zero-order valence-electron chi connectivity index (χ0n) is 11.6. The van der Waals surface area contributed by atoms with E-state index in [9.17, 15) is 18.4 Å². The van der Waals surface area contributed by atoms with Crippen molar-refractivity contribution in [3.05, 3.63) is 33.9 Å². The highest BCUT2D eigenvalue weighted by Gasteiger charge is 2.32. The highest BCUT2D eigenvalue weighted by Crippen LogP contribution is 2.24. The summed E-state index contributed by atoms with van der Waals surface area (Å²) in [7, 11) is 0. The summed E-state index contributed by atoms with van der Waals surface area (Å²) >= 11 is 6.65. The van der Waals surface area contributed by atoms with E-state index in [0.717, 1.165) is 24.0 Å². The summed E-state index contributed by atoms with van der Waals surface area (Å²) in [6, 6.07) is 0.962. The Labute approximate surface area is 138 Å². The van der Waals surface area contributed by atoms with E-state index in [1.54, 1.807) is 0 Å². The maximum atomic E-state index is 13.9. The van der Waals surface area contributed by atoms with E-state index in [4.69, 9.17) is 16.7 Å². The molecule has 1 aliphatic heterocycles. The molecule has 10 heteroatoms. The Hall–Kier alpha value is -2.00. The molecule has 0 saturated carbocycles. The molecule has 1 amide bonds. The second-order valence-electron chi connectivity index (χ2n) is 4.54. The van der Waals surface area contributed by atoms with Gasteiger partial charge in [-0.3, -0.25) is 9.59 Å². The summed E-state index contributed by atoms with van der Waals surface area (Å²) in [5.74, 6) is -3.23. The fourth-order valence-corrected chi connectivity index (χ4v) is 2.85. The van der Waals surface area contributed by atoms with Crippen molar-refractivity contribution in [1.82, 2.24) is 5.32 Å². The fraction of sp³-hybridized carbons (Fsp3) is 0.231. The van der Waals surface area contributed by atoms with Crippen LogP contribution in [0.15, 0.2) is 16.3 Å². The predicted molar refractivity (Wildman–Crippen MR) is 82.9 cm³/mol. The quantitative estimate of drug-likeness (QED) is 0.636. The predicted octanol–water partition coefficient (Wildman–Crippen LogP) is 2.32. The number of carboxylic acids is 1. The van der Waals surface area contributed by atoms with Gasteiger partial charge in [0, 0.05) is 11.1 Å². The van der Waals surface area contributed by atoms with Crippen molar-refractivity contribution in [1.29, 1.82) is 0 Å². The maximum absolute atomic E-state index is 13.9. The smallest absolute Gasteiger partial charge is 0.305 e. The Kier molecular flexibility index (Phi) is 5.32. The van der Waals surface area contributed by atoms with Crippen molar-refractivity contribution in [3.8, 4) is 0 Å².